The molecule has 0 aliphatic carbocycles. The molecule has 0 unspecified atom stereocenters. The van der Waals surface area contributed by atoms with Crippen molar-refractivity contribution >= 4 is 10.9 Å². The molecule has 1 aliphatic rings. The van der Waals surface area contributed by atoms with Crippen molar-refractivity contribution in [1.29, 1.82) is 0 Å². The molecule has 0 bridgehead atoms. The highest BCUT2D eigenvalue weighted by Crippen LogP contribution is 2.29. The summed E-state index contributed by atoms with van der Waals surface area (Å²) in [6.45, 7) is 7.60. The van der Waals surface area contributed by atoms with Crippen LogP contribution in [0.3, 0.4) is 0 Å². The molecule has 4 nitrogen and oxygen atoms in total. The Morgan fingerprint density at radius 1 is 1.25 bits per heavy atom. The van der Waals surface area contributed by atoms with E-state index in [1.165, 1.54) is 22.0 Å². The zero-order valence-electron chi connectivity index (χ0n) is 12.6. The Hall–Kier alpha value is -1.52. The molecule has 0 radical (unpaired) electrons. The average Bonchev–Trinajstić information content (AvgIpc) is 2.76. The summed E-state index contributed by atoms with van der Waals surface area (Å²) in [6, 6.07) is 4.27. The third kappa shape index (κ3) is 2.41. The van der Waals surface area contributed by atoms with Gasteiger partial charge in [-0.1, -0.05) is 0 Å². The Kier molecular flexibility index (Phi) is 3.68. The van der Waals surface area contributed by atoms with E-state index in [0.717, 1.165) is 38.5 Å². The lowest BCUT2D eigenvalue weighted by atomic mass is 10.1. The van der Waals surface area contributed by atoms with Gasteiger partial charge in [0.05, 0.1) is 12.6 Å². The number of piperazine rings is 1. The molecule has 0 spiro atoms. The van der Waals surface area contributed by atoms with E-state index in [1.54, 1.807) is 7.11 Å². The van der Waals surface area contributed by atoms with Gasteiger partial charge in [0.1, 0.15) is 5.75 Å². The fourth-order valence-corrected chi connectivity index (χ4v) is 3.18. The predicted molar refractivity (Wildman–Crippen MR) is 82.4 cm³/mol. The molecular weight excluding hydrogens is 250 g/mol. The zero-order chi connectivity index (χ0) is 14.1. The summed E-state index contributed by atoms with van der Waals surface area (Å²) in [5, 5.41) is 4.73. The Balaban J connectivity index is 1.99. The zero-order valence-corrected chi connectivity index (χ0v) is 12.6. The van der Waals surface area contributed by atoms with Crippen molar-refractivity contribution < 1.29 is 4.74 Å². The van der Waals surface area contributed by atoms with Crippen LogP contribution in [0.15, 0.2) is 18.3 Å². The van der Waals surface area contributed by atoms with Crippen LogP contribution in [0.4, 0.5) is 0 Å². The van der Waals surface area contributed by atoms with Gasteiger partial charge >= 0.3 is 0 Å². The molecule has 1 saturated heterocycles. The second-order valence-corrected chi connectivity index (χ2v) is 5.63. The molecule has 1 aliphatic heterocycles. The Labute approximate surface area is 120 Å². The van der Waals surface area contributed by atoms with Gasteiger partial charge < -0.3 is 14.6 Å². The Morgan fingerprint density at radius 2 is 2.00 bits per heavy atom. The number of methoxy groups -OCH3 is 1. The van der Waals surface area contributed by atoms with E-state index in [2.05, 4.69) is 47.1 Å². The highest BCUT2D eigenvalue weighted by atomic mass is 16.5. The summed E-state index contributed by atoms with van der Waals surface area (Å²) in [5.74, 6) is 0.947. The maximum Gasteiger partial charge on any atom is 0.119 e. The molecule has 0 amide bonds. The molecule has 4 heteroatoms. The SMILES string of the molecule is COc1cc(C)c2c(c1)c(CN1CCNCC1)cn2C. The number of hydrogen-bond acceptors (Lipinski definition) is 3. The second-order valence-electron chi connectivity index (χ2n) is 5.63. The van der Waals surface area contributed by atoms with Gasteiger partial charge in [0.2, 0.25) is 0 Å². The highest BCUT2D eigenvalue weighted by Gasteiger charge is 2.15. The summed E-state index contributed by atoms with van der Waals surface area (Å²) in [7, 11) is 3.86. The van der Waals surface area contributed by atoms with E-state index >= 15 is 0 Å². The minimum absolute atomic E-state index is 0.947. The van der Waals surface area contributed by atoms with E-state index < -0.39 is 0 Å². The first-order valence-electron chi connectivity index (χ1n) is 7.24. The third-order valence-corrected chi connectivity index (χ3v) is 4.16. The van der Waals surface area contributed by atoms with Crippen LogP contribution < -0.4 is 10.1 Å². The van der Waals surface area contributed by atoms with Gasteiger partial charge in [-0.3, -0.25) is 4.90 Å². The number of hydrogen-bond donors (Lipinski definition) is 1. The molecule has 1 aromatic heterocycles. The van der Waals surface area contributed by atoms with E-state index in [4.69, 9.17) is 4.74 Å². The maximum absolute atomic E-state index is 5.42. The topological polar surface area (TPSA) is 29.4 Å². The van der Waals surface area contributed by atoms with Gasteiger partial charge in [0, 0.05) is 51.4 Å². The largest absolute Gasteiger partial charge is 0.497 e. The molecule has 1 aromatic carbocycles. The first-order chi connectivity index (χ1) is 9.69. The smallest absolute Gasteiger partial charge is 0.119 e. The number of aromatic nitrogens is 1. The van der Waals surface area contributed by atoms with Crippen molar-refractivity contribution in [3.8, 4) is 5.75 Å². The van der Waals surface area contributed by atoms with Crippen LogP contribution in [0.1, 0.15) is 11.1 Å². The van der Waals surface area contributed by atoms with Gasteiger partial charge in [0.15, 0.2) is 0 Å². The van der Waals surface area contributed by atoms with Crippen molar-refractivity contribution in [2.75, 3.05) is 33.3 Å². The van der Waals surface area contributed by atoms with Gasteiger partial charge in [-0.2, -0.15) is 0 Å². The van der Waals surface area contributed by atoms with Gasteiger partial charge in [0.25, 0.3) is 0 Å². The lowest BCUT2D eigenvalue weighted by Crippen LogP contribution is -2.42. The number of rotatable bonds is 3. The van der Waals surface area contributed by atoms with Crippen molar-refractivity contribution in [2.24, 2.45) is 7.05 Å². The molecule has 1 fully saturated rings. The normalized spacial score (nSPS) is 16.8. The maximum atomic E-state index is 5.42. The average molecular weight is 273 g/mol. The van der Waals surface area contributed by atoms with Crippen molar-refractivity contribution in [3.05, 3.63) is 29.5 Å². The summed E-state index contributed by atoms with van der Waals surface area (Å²) in [4.78, 5) is 2.51. The van der Waals surface area contributed by atoms with Crippen LogP contribution >= 0.6 is 0 Å². The lowest BCUT2D eigenvalue weighted by Gasteiger charge is -2.26. The quantitative estimate of drug-likeness (QED) is 0.926. The van der Waals surface area contributed by atoms with E-state index in [-0.39, 0.29) is 0 Å². The molecule has 0 saturated carbocycles. The van der Waals surface area contributed by atoms with E-state index in [9.17, 15) is 0 Å². The summed E-state index contributed by atoms with van der Waals surface area (Å²) in [6.07, 6.45) is 2.26. The second kappa shape index (κ2) is 5.46. The number of benzene rings is 1. The van der Waals surface area contributed by atoms with Gasteiger partial charge in [-0.15, -0.1) is 0 Å². The number of fused-ring (bicyclic) bond motifs is 1. The fourth-order valence-electron chi connectivity index (χ4n) is 3.18. The monoisotopic (exact) mass is 273 g/mol. The molecule has 2 aromatic rings. The number of ether oxygens (including phenoxy) is 1. The predicted octanol–water partition coefficient (Wildman–Crippen LogP) is 1.90. The highest BCUT2D eigenvalue weighted by molar-refractivity contribution is 5.88. The fraction of sp³-hybridized carbons (Fsp3) is 0.500. The van der Waals surface area contributed by atoms with E-state index in [0.29, 0.717) is 0 Å². The van der Waals surface area contributed by atoms with Crippen LogP contribution in [0.25, 0.3) is 10.9 Å². The van der Waals surface area contributed by atoms with Crippen LogP contribution in [-0.4, -0.2) is 42.8 Å². The van der Waals surface area contributed by atoms with Gasteiger partial charge in [-0.25, -0.2) is 0 Å². The molecular formula is C16H23N3O. The van der Waals surface area contributed by atoms with Crippen molar-refractivity contribution in [1.82, 2.24) is 14.8 Å². The first kappa shape index (κ1) is 13.5. The summed E-state index contributed by atoms with van der Waals surface area (Å²) >= 11 is 0. The molecule has 20 heavy (non-hydrogen) atoms. The Bertz CT molecular complexity index is 612. The van der Waals surface area contributed by atoms with Crippen LogP contribution in [0.5, 0.6) is 5.75 Å². The number of nitrogens with zero attached hydrogens (tertiary/aromatic N) is 2. The van der Waals surface area contributed by atoms with Crippen molar-refractivity contribution in [3.63, 3.8) is 0 Å². The molecule has 108 valence electrons. The number of nitrogens with one attached hydrogen (secondary N) is 1. The third-order valence-electron chi connectivity index (χ3n) is 4.16. The Morgan fingerprint density at radius 3 is 2.70 bits per heavy atom. The lowest BCUT2D eigenvalue weighted by molar-refractivity contribution is 0.234. The first-order valence-corrected chi connectivity index (χ1v) is 7.24. The summed E-state index contributed by atoms with van der Waals surface area (Å²) in [5.41, 5.74) is 3.98. The molecule has 3 rings (SSSR count). The van der Waals surface area contributed by atoms with Gasteiger partial charge in [-0.05, 0) is 30.2 Å². The molecule has 1 N–H and O–H groups in total. The molecule has 2 heterocycles. The number of aryl methyl sites for hydroxylation is 2. The van der Waals surface area contributed by atoms with Crippen LogP contribution in [0.2, 0.25) is 0 Å². The van der Waals surface area contributed by atoms with E-state index in [1.807, 2.05) is 0 Å². The van der Waals surface area contributed by atoms with Crippen molar-refractivity contribution in [2.45, 2.75) is 13.5 Å². The minimum Gasteiger partial charge on any atom is -0.497 e. The standard InChI is InChI=1S/C16H23N3O/c1-12-8-14(20-3)9-15-13(10-18(2)16(12)15)11-19-6-4-17-5-7-19/h8-10,17H,4-7,11H2,1-3H3. The summed E-state index contributed by atoms with van der Waals surface area (Å²) < 4.78 is 7.66. The minimum atomic E-state index is 0.947. The van der Waals surface area contributed by atoms with Crippen LogP contribution in [-0.2, 0) is 13.6 Å². The molecule has 0 atom stereocenters. The van der Waals surface area contributed by atoms with Crippen LogP contribution in [0, 0.1) is 6.92 Å².